The van der Waals surface area contributed by atoms with Gasteiger partial charge < -0.3 is 5.32 Å². The van der Waals surface area contributed by atoms with Crippen LogP contribution in [0.15, 0.2) is 0 Å². The Labute approximate surface area is 96.8 Å². The maximum Gasteiger partial charge on any atom is 0.325 e. The average Bonchev–Trinajstić information content (AvgIpc) is 2.53. The predicted octanol–water partition coefficient (Wildman–Crippen LogP) is 1.01. The molecule has 0 spiro atoms. The van der Waals surface area contributed by atoms with Crippen LogP contribution in [0.25, 0.3) is 0 Å². The molecule has 5 heteroatoms. The van der Waals surface area contributed by atoms with Crippen LogP contribution in [0.1, 0.15) is 33.1 Å². The molecule has 1 aliphatic heterocycles. The van der Waals surface area contributed by atoms with Gasteiger partial charge in [-0.3, -0.25) is 9.69 Å². The molecule has 92 valence electrons. The van der Waals surface area contributed by atoms with E-state index in [0.29, 0.717) is 6.67 Å². The third kappa shape index (κ3) is 2.95. The number of rotatable bonds is 6. The van der Waals surface area contributed by atoms with Gasteiger partial charge in [-0.25, -0.2) is 9.69 Å². The van der Waals surface area contributed by atoms with Crippen molar-refractivity contribution in [3.63, 3.8) is 0 Å². The summed E-state index contributed by atoms with van der Waals surface area (Å²) in [4.78, 5) is 26.7. The highest BCUT2D eigenvalue weighted by Gasteiger charge is 2.37. The summed E-state index contributed by atoms with van der Waals surface area (Å²) in [7, 11) is 1.89. The number of hydrogen-bond donors (Lipinski definition) is 1. The van der Waals surface area contributed by atoms with Crippen molar-refractivity contribution in [2.45, 2.75) is 39.2 Å². The molecule has 0 aromatic carbocycles. The van der Waals surface area contributed by atoms with Crippen LogP contribution in [0.4, 0.5) is 4.79 Å². The van der Waals surface area contributed by atoms with Gasteiger partial charge in [0, 0.05) is 0 Å². The number of amides is 3. The van der Waals surface area contributed by atoms with Gasteiger partial charge in [-0.2, -0.15) is 0 Å². The highest BCUT2D eigenvalue weighted by molar-refractivity contribution is 6.04. The molecule has 0 bridgehead atoms. The van der Waals surface area contributed by atoms with E-state index in [1.54, 1.807) is 0 Å². The Hall–Kier alpha value is -1.10. The zero-order valence-corrected chi connectivity index (χ0v) is 10.3. The summed E-state index contributed by atoms with van der Waals surface area (Å²) < 4.78 is 0. The Morgan fingerprint density at radius 1 is 1.38 bits per heavy atom. The lowest BCUT2D eigenvalue weighted by Crippen LogP contribution is -2.40. The Kier molecular flexibility index (Phi) is 4.73. The first kappa shape index (κ1) is 13.0. The zero-order chi connectivity index (χ0) is 12.1. The summed E-state index contributed by atoms with van der Waals surface area (Å²) in [5.41, 5.74) is 0. The molecule has 0 aromatic rings. The molecular weight excluding hydrogens is 206 g/mol. The molecule has 1 atom stereocenters. The summed E-state index contributed by atoms with van der Waals surface area (Å²) in [5.74, 6) is -0.0845. The third-order valence-electron chi connectivity index (χ3n) is 2.88. The number of unbranched alkanes of at least 4 members (excludes halogenated alkanes) is 1. The number of nitrogens with zero attached hydrogens (tertiary/aromatic N) is 2. The number of urea groups is 1. The molecule has 1 unspecified atom stereocenters. The van der Waals surface area contributed by atoms with Gasteiger partial charge in [0.2, 0.25) is 0 Å². The van der Waals surface area contributed by atoms with Crippen molar-refractivity contribution in [2.75, 3.05) is 20.3 Å². The van der Waals surface area contributed by atoms with Crippen LogP contribution in [0.3, 0.4) is 0 Å². The monoisotopic (exact) mass is 227 g/mol. The lowest BCUT2D eigenvalue weighted by Gasteiger charge is -2.20. The van der Waals surface area contributed by atoms with Crippen LogP contribution >= 0.6 is 0 Å². The highest BCUT2D eigenvalue weighted by Crippen LogP contribution is 2.12. The van der Waals surface area contributed by atoms with Crippen molar-refractivity contribution in [1.29, 1.82) is 0 Å². The summed E-state index contributed by atoms with van der Waals surface area (Å²) in [6, 6.07) is -0.566. The third-order valence-corrected chi connectivity index (χ3v) is 2.88. The Morgan fingerprint density at radius 2 is 2.06 bits per heavy atom. The maximum atomic E-state index is 11.9. The van der Waals surface area contributed by atoms with Crippen LogP contribution < -0.4 is 5.32 Å². The summed E-state index contributed by atoms with van der Waals surface area (Å²) in [6.07, 6.45) is 2.75. The molecule has 0 aromatic heterocycles. The Bertz CT molecular complexity index is 268. The fourth-order valence-electron chi connectivity index (χ4n) is 1.66. The zero-order valence-electron chi connectivity index (χ0n) is 10.3. The minimum atomic E-state index is -0.308. The first-order valence-corrected chi connectivity index (χ1v) is 5.90. The van der Waals surface area contributed by atoms with Gasteiger partial charge >= 0.3 is 6.03 Å². The lowest BCUT2D eigenvalue weighted by molar-refractivity contribution is -0.128. The van der Waals surface area contributed by atoms with Crippen molar-refractivity contribution in [2.24, 2.45) is 0 Å². The first-order chi connectivity index (χ1) is 7.60. The molecule has 1 N–H and O–H groups in total. The maximum absolute atomic E-state index is 11.9. The standard InChI is InChI=1S/C11H21N3O2/c1-4-6-7-9-10(15)14(11(16)12-9)8-13(3)5-2/h9H,4-8H2,1-3H3,(H,12,16). The number of carbonyl (C=O) groups is 2. The van der Waals surface area contributed by atoms with E-state index < -0.39 is 0 Å². The van der Waals surface area contributed by atoms with Gasteiger partial charge in [-0.1, -0.05) is 26.7 Å². The van der Waals surface area contributed by atoms with Gasteiger partial charge in [-0.05, 0) is 20.0 Å². The van der Waals surface area contributed by atoms with Gasteiger partial charge in [0.1, 0.15) is 6.04 Å². The number of carbonyl (C=O) groups excluding carboxylic acids is 2. The fourth-order valence-corrected chi connectivity index (χ4v) is 1.66. The van der Waals surface area contributed by atoms with E-state index in [1.807, 2.05) is 18.9 Å². The second kappa shape index (κ2) is 5.84. The number of hydrogen-bond acceptors (Lipinski definition) is 3. The summed E-state index contributed by atoms with van der Waals surface area (Å²) in [5, 5.41) is 2.73. The van der Waals surface area contributed by atoms with Gasteiger partial charge in [0.15, 0.2) is 0 Å². The van der Waals surface area contributed by atoms with E-state index in [4.69, 9.17) is 0 Å². The normalized spacial score (nSPS) is 20.8. The van der Waals surface area contributed by atoms with E-state index in [9.17, 15) is 9.59 Å². The van der Waals surface area contributed by atoms with Crippen LogP contribution in [0.5, 0.6) is 0 Å². The van der Waals surface area contributed by atoms with Gasteiger partial charge in [-0.15, -0.1) is 0 Å². The number of imide groups is 1. The minimum absolute atomic E-state index is 0.0845. The van der Waals surface area contributed by atoms with Crippen molar-refractivity contribution in [1.82, 2.24) is 15.1 Å². The molecule has 16 heavy (non-hydrogen) atoms. The van der Waals surface area contributed by atoms with Crippen LogP contribution in [-0.4, -0.2) is 48.0 Å². The van der Waals surface area contributed by atoms with E-state index in [0.717, 1.165) is 25.8 Å². The SMILES string of the molecule is CCCCC1NC(=O)N(CN(C)CC)C1=O. The molecule has 0 aliphatic carbocycles. The molecule has 0 saturated carbocycles. The second-order valence-electron chi connectivity index (χ2n) is 4.22. The van der Waals surface area contributed by atoms with Gasteiger partial charge in [0.25, 0.3) is 5.91 Å². The molecule has 1 fully saturated rings. The molecule has 3 amide bonds. The molecule has 0 radical (unpaired) electrons. The highest BCUT2D eigenvalue weighted by atomic mass is 16.2. The molecule has 1 heterocycles. The Morgan fingerprint density at radius 3 is 2.62 bits per heavy atom. The molecule has 1 rings (SSSR count). The molecule has 1 aliphatic rings. The smallest absolute Gasteiger partial charge is 0.325 e. The average molecular weight is 227 g/mol. The summed E-state index contributed by atoms with van der Waals surface area (Å²) in [6.45, 7) is 5.26. The molecular formula is C11H21N3O2. The van der Waals surface area contributed by atoms with Crippen molar-refractivity contribution < 1.29 is 9.59 Å². The fraction of sp³-hybridized carbons (Fsp3) is 0.818. The predicted molar refractivity (Wildman–Crippen MR) is 61.9 cm³/mol. The van der Waals surface area contributed by atoms with E-state index in [1.165, 1.54) is 4.90 Å². The van der Waals surface area contributed by atoms with Crippen molar-refractivity contribution in [3.05, 3.63) is 0 Å². The van der Waals surface area contributed by atoms with E-state index >= 15 is 0 Å². The first-order valence-electron chi connectivity index (χ1n) is 5.90. The van der Waals surface area contributed by atoms with Gasteiger partial charge in [0.05, 0.1) is 6.67 Å². The largest absolute Gasteiger partial charge is 0.326 e. The summed E-state index contributed by atoms with van der Waals surface area (Å²) >= 11 is 0. The van der Waals surface area contributed by atoms with Crippen LogP contribution in [-0.2, 0) is 4.79 Å². The molecule has 1 saturated heterocycles. The second-order valence-corrected chi connectivity index (χ2v) is 4.22. The van der Waals surface area contributed by atoms with Crippen LogP contribution in [0.2, 0.25) is 0 Å². The van der Waals surface area contributed by atoms with E-state index in [-0.39, 0.29) is 18.0 Å². The van der Waals surface area contributed by atoms with E-state index in [2.05, 4.69) is 12.2 Å². The van der Waals surface area contributed by atoms with Crippen molar-refractivity contribution >= 4 is 11.9 Å². The van der Waals surface area contributed by atoms with Crippen molar-refractivity contribution in [3.8, 4) is 0 Å². The number of nitrogens with one attached hydrogen (secondary N) is 1. The molecule has 5 nitrogen and oxygen atoms in total. The topological polar surface area (TPSA) is 52.7 Å². The minimum Gasteiger partial charge on any atom is -0.326 e. The van der Waals surface area contributed by atoms with Crippen LogP contribution in [0, 0.1) is 0 Å². The Balaban J connectivity index is 2.53. The lowest BCUT2D eigenvalue weighted by atomic mass is 10.1. The quantitative estimate of drug-likeness (QED) is 0.689.